The van der Waals surface area contributed by atoms with Crippen LogP contribution in [0.1, 0.15) is 11.1 Å². The molecule has 1 N–H and O–H groups in total. The molecule has 0 spiro atoms. The van der Waals surface area contributed by atoms with Gasteiger partial charge in [0.25, 0.3) is 0 Å². The summed E-state index contributed by atoms with van der Waals surface area (Å²) in [6.07, 6.45) is 2.47. The second-order valence-corrected chi connectivity index (χ2v) is 7.72. The number of aromatic hydroxyl groups is 1. The number of phenolic OH excluding ortho intramolecular Hbond substituents is 1. The molecule has 4 nitrogen and oxygen atoms in total. The molecule has 0 saturated carbocycles. The lowest BCUT2D eigenvalue weighted by Gasteiger charge is -2.12. The number of benzene rings is 3. The molecule has 0 atom stereocenters. The molecule has 0 radical (unpaired) electrons. The Morgan fingerprint density at radius 1 is 0.667 bits per heavy atom. The van der Waals surface area contributed by atoms with Crippen molar-refractivity contribution in [2.45, 2.75) is 6.42 Å². The summed E-state index contributed by atoms with van der Waals surface area (Å²) in [6, 6.07) is 35.1. The number of rotatable bonds is 6. The molecule has 4 heteroatoms. The Morgan fingerprint density at radius 3 is 2.27 bits per heavy atom. The van der Waals surface area contributed by atoms with Crippen LogP contribution < -0.4 is 4.74 Å². The maximum atomic E-state index is 10.4. The lowest BCUT2D eigenvalue weighted by atomic mass is 9.99. The molecule has 2 aromatic heterocycles. The largest absolute Gasteiger partial charge is 0.507 e. The summed E-state index contributed by atoms with van der Waals surface area (Å²) >= 11 is 0. The Balaban J connectivity index is 1.56. The third kappa shape index (κ3) is 4.91. The Hall–Kier alpha value is -4.44. The minimum atomic E-state index is 0.208. The predicted octanol–water partition coefficient (Wildman–Crippen LogP) is 6.90. The second kappa shape index (κ2) is 9.37. The molecule has 0 aliphatic carbocycles. The molecule has 0 saturated heterocycles. The molecule has 0 aliphatic rings. The summed E-state index contributed by atoms with van der Waals surface area (Å²) < 4.78 is 5.92. The minimum absolute atomic E-state index is 0.208. The van der Waals surface area contributed by atoms with E-state index in [4.69, 9.17) is 9.72 Å². The van der Waals surface area contributed by atoms with Gasteiger partial charge in [0.2, 0.25) is 5.88 Å². The number of phenols is 1. The van der Waals surface area contributed by atoms with Crippen molar-refractivity contribution >= 4 is 0 Å². The second-order valence-electron chi connectivity index (χ2n) is 7.72. The van der Waals surface area contributed by atoms with Gasteiger partial charge in [0.05, 0.1) is 11.4 Å². The van der Waals surface area contributed by atoms with Crippen molar-refractivity contribution in [1.82, 2.24) is 9.97 Å². The van der Waals surface area contributed by atoms with Crippen LogP contribution in [-0.2, 0) is 6.42 Å². The molecule has 33 heavy (non-hydrogen) atoms. The van der Waals surface area contributed by atoms with Crippen molar-refractivity contribution in [3.8, 4) is 39.9 Å². The lowest BCUT2D eigenvalue weighted by Crippen LogP contribution is -1.95. The van der Waals surface area contributed by atoms with Crippen LogP contribution in [0.5, 0.6) is 17.4 Å². The molecule has 2 heterocycles. The fourth-order valence-electron chi connectivity index (χ4n) is 3.74. The number of para-hydroxylation sites is 1. The van der Waals surface area contributed by atoms with Gasteiger partial charge in [-0.25, -0.2) is 9.97 Å². The predicted molar refractivity (Wildman–Crippen MR) is 130 cm³/mol. The normalized spacial score (nSPS) is 10.7. The highest BCUT2D eigenvalue weighted by Crippen LogP contribution is 2.32. The monoisotopic (exact) mass is 430 g/mol. The molecule has 5 rings (SSSR count). The summed E-state index contributed by atoms with van der Waals surface area (Å²) in [6.45, 7) is 0. The van der Waals surface area contributed by atoms with E-state index in [9.17, 15) is 5.11 Å². The van der Waals surface area contributed by atoms with Gasteiger partial charge in [0.1, 0.15) is 11.5 Å². The zero-order valence-corrected chi connectivity index (χ0v) is 17.9. The molecule has 0 fully saturated rings. The zero-order chi connectivity index (χ0) is 22.5. The van der Waals surface area contributed by atoms with Gasteiger partial charge in [-0.15, -0.1) is 0 Å². The fourth-order valence-corrected chi connectivity index (χ4v) is 3.74. The van der Waals surface area contributed by atoms with Gasteiger partial charge in [-0.05, 0) is 60.0 Å². The quantitative estimate of drug-likeness (QED) is 0.318. The van der Waals surface area contributed by atoms with Crippen LogP contribution in [0.15, 0.2) is 115 Å². The molecule has 0 amide bonds. The minimum Gasteiger partial charge on any atom is -0.507 e. The van der Waals surface area contributed by atoms with E-state index in [2.05, 4.69) is 23.2 Å². The molecular formula is C29H22N2O2. The summed E-state index contributed by atoms with van der Waals surface area (Å²) in [5.41, 5.74) is 5.50. The highest BCUT2D eigenvalue weighted by molar-refractivity contribution is 5.72. The summed E-state index contributed by atoms with van der Waals surface area (Å²) in [5, 5.41) is 10.4. The fraction of sp³-hybridized carbons (Fsp3) is 0.0345. The number of pyridine rings is 2. The van der Waals surface area contributed by atoms with E-state index in [0.717, 1.165) is 28.9 Å². The standard InChI is InChI=1S/C29H22N2O2/c32-28-14-5-4-13-25(28)27-19-22(17-21-9-2-1-3-10-21)18-26(31-27)23-11-8-12-24(20-23)33-29-15-6-7-16-30-29/h1-16,18-20,32H,17H2. The van der Waals surface area contributed by atoms with E-state index >= 15 is 0 Å². The van der Waals surface area contributed by atoms with Crippen LogP contribution in [0.4, 0.5) is 0 Å². The number of hydrogen-bond donors (Lipinski definition) is 1. The number of nitrogens with zero attached hydrogens (tertiary/aromatic N) is 2. The van der Waals surface area contributed by atoms with E-state index in [1.54, 1.807) is 12.3 Å². The first-order chi connectivity index (χ1) is 16.2. The van der Waals surface area contributed by atoms with Gasteiger partial charge in [0.15, 0.2) is 0 Å². The van der Waals surface area contributed by atoms with Gasteiger partial charge in [0, 0.05) is 23.4 Å². The smallest absolute Gasteiger partial charge is 0.219 e. The average molecular weight is 431 g/mol. The molecule has 160 valence electrons. The van der Waals surface area contributed by atoms with Crippen molar-refractivity contribution in [3.05, 3.63) is 127 Å². The first-order valence-electron chi connectivity index (χ1n) is 10.8. The lowest BCUT2D eigenvalue weighted by molar-refractivity contribution is 0.463. The van der Waals surface area contributed by atoms with Gasteiger partial charge >= 0.3 is 0 Å². The van der Waals surface area contributed by atoms with Gasteiger partial charge < -0.3 is 9.84 Å². The van der Waals surface area contributed by atoms with Gasteiger partial charge in [-0.2, -0.15) is 0 Å². The van der Waals surface area contributed by atoms with Crippen LogP contribution in [0.25, 0.3) is 22.5 Å². The first-order valence-corrected chi connectivity index (χ1v) is 10.8. The number of ether oxygens (including phenoxy) is 1. The van der Waals surface area contributed by atoms with Crippen molar-refractivity contribution in [1.29, 1.82) is 0 Å². The van der Waals surface area contributed by atoms with Gasteiger partial charge in [-0.1, -0.05) is 60.7 Å². The maximum absolute atomic E-state index is 10.4. The van der Waals surface area contributed by atoms with E-state index in [1.807, 2.05) is 84.9 Å². The summed E-state index contributed by atoms with van der Waals surface area (Å²) in [5.74, 6) is 1.43. The van der Waals surface area contributed by atoms with Crippen LogP contribution in [-0.4, -0.2) is 15.1 Å². The van der Waals surface area contributed by atoms with E-state index < -0.39 is 0 Å². The van der Waals surface area contributed by atoms with E-state index in [0.29, 0.717) is 17.2 Å². The Labute approximate surface area is 192 Å². The van der Waals surface area contributed by atoms with Crippen LogP contribution in [0.2, 0.25) is 0 Å². The molecule has 5 aromatic rings. The van der Waals surface area contributed by atoms with Crippen LogP contribution in [0.3, 0.4) is 0 Å². The van der Waals surface area contributed by atoms with Crippen molar-refractivity contribution in [3.63, 3.8) is 0 Å². The molecular weight excluding hydrogens is 408 g/mol. The van der Waals surface area contributed by atoms with Crippen LogP contribution >= 0.6 is 0 Å². The van der Waals surface area contributed by atoms with Crippen molar-refractivity contribution in [2.24, 2.45) is 0 Å². The Kier molecular flexibility index (Phi) is 5.81. The summed E-state index contributed by atoms with van der Waals surface area (Å²) in [4.78, 5) is 9.13. The Morgan fingerprint density at radius 2 is 1.45 bits per heavy atom. The van der Waals surface area contributed by atoms with Crippen molar-refractivity contribution in [2.75, 3.05) is 0 Å². The first kappa shape index (κ1) is 20.5. The van der Waals surface area contributed by atoms with Crippen molar-refractivity contribution < 1.29 is 9.84 Å². The highest BCUT2D eigenvalue weighted by Gasteiger charge is 2.11. The molecule has 3 aromatic carbocycles. The topological polar surface area (TPSA) is 55.2 Å². The third-order valence-electron chi connectivity index (χ3n) is 5.31. The zero-order valence-electron chi connectivity index (χ0n) is 17.9. The molecule has 0 unspecified atom stereocenters. The number of hydrogen-bond acceptors (Lipinski definition) is 4. The maximum Gasteiger partial charge on any atom is 0.219 e. The molecule has 0 bridgehead atoms. The highest BCUT2D eigenvalue weighted by atomic mass is 16.5. The Bertz CT molecular complexity index is 1370. The van der Waals surface area contributed by atoms with E-state index in [-0.39, 0.29) is 5.75 Å². The van der Waals surface area contributed by atoms with E-state index in [1.165, 1.54) is 5.56 Å². The average Bonchev–Trinajstić information content (AvgIpc) is 2.86. The third-order valence-corrected chi connectivity index (χ3v) is 5.31. The summed E-state index contributed by atoms with van der Waals surface area (Å²) in [7, 11) is 0. The van der Waals surface area contributed by atoms with Crippen LogP contribution in [0, 0.1) is 0 Å². The van der Waals surface area contributed by atoms with Gasteiger partial charge in [-0.3, -0.25) is 0 Å². The molecule has 0 aliphatic heterocycles. The SMILES string of the molecule is Oc1ccccc1-c1cc(Cc2ccccc2)cc(-c2cccc(Oc3ccccn3)c2)n1. The number of aromatic nitrogens is 2.